The predicted molar refractivity (Wildman–Crippen MR) is 91.8 cm³/mol. The number of amides is 1. The van der Waals surface area contributed by atoms with Crippen molar-refractivity contribution in [1.82, 2.24) is 14.3 Å². The molecule has 1 spiro atoms. The first-order valence-corrected chi connectivity index (χ1v) is 9.16. The van der Waals surface area contributed by atoms with Crippen LogP contribution in [0.4, 0.5) is 0 Å². The highest BCUT2D eigenvalue weighted by Gasteiger charge is 2.60. The van der Waals surface area contributed by atoms with Gasteiger partial charge in [0.2, 0.25) is 0 Å². The SMILES string of the molecule is COc1ccn2c(C(=O)N3CC4(CCC4)C3C3CCCO3)cnc2c1. The Morgan fingerprint density at radius 2 is 2.28 bits per heavy atom. The number of methoxy groups -OCH3 is 1. The Labute approximate surface area is 146 Å². The molecule has 2 aromatic heterocycles. The Hall–Kier alpha value is -2.08. The van der Waals surface area contributed by atoms with Gasteiger partial charge in [0.15, 0.2) is 0 Å². The van der Waals surface area contributed by atoms with Crippen LogP contribution >= 0.6 is 0 Å². The Balaban J connectivity index is 1.45. The number of fused-ring (bicyclic) bond motifs is 1. The molecule has 0 N–H and O–H groups in total. The summed E-state index contributed by atoms with van der Waals surface area (Å²) >= 11 is 0. The molecule has 3 fully saturated rings. The molecular weight excluding hydrogens is 318 g/mol. The fourth-order valence-electron chi connectivity index (χ4n) is 4.87. The Kier molecular flexibility index (Phi) is 3.32. The quantitative estimate of drug-likeness (QED) is 0.861. The molecule has 2 unspecified atom stereocenters. The van der Waals surface area contributed by atoms with Crippen LogP contribution in [0.5, 0.6) is 5.75 Å². The van der Waals surface area contributed by atoms with Crippen LogP contribution in [0.25, 0.3) is 5.65 Å². The summed E-state index contributed by atoms with van der Waals surface area (Å²) in [5.74, 6) is 0.808. The van der Waals surface area contributed by atoms with Gasteiger partial charge in [0.1, 0.15) is 17.1 Å². The first-order valence-electron chi connectivity index (χ1n) is 9.16. The zero-order chi connectivity index (χ0) is 17.0. The van der Waals surface area contributed by atoms with Gasteiger partial charge >= 0.3 is 0 Å². The third kappa shape index (κ3) is 2.13. The van der Waals surface area contributed by atoms with Crippen molar-refractivity contribution in [3.05, 3.63) is 30.2 Å². The van der Waals surface area contributed by atoms with Gasteiger partial charge in [-0.25, -0.2) is 4.98 Å². The lowest BCUT2D eigenvalue weighted by atomic mass is 9.56. The molecule has 25 heavy (non-hydrogen) atoms. The highest BCUT2D eigenvalue weighted by Crippen LogP contribution is 2.55. The molecular formula is C19H23N3O3. The van der Waals surface area contributed by atoms with Crippen LogP contribution in [-0.2, 0) is 4.74 Å². The van der Waals surface area contributed by atoms with Gasteiger partial charge < -0.3 is 14.4 Å². The monoisotopic (exact) mass is 341 g/mol. The summed E-state index contributed by atoms with van der Waals surface area (Å²) in [6, 6.07) is 3.93. The van der Waals surface area contributed by atoms with Crippen LogP contribution in [0.15, 0.2) is 24.5 Å². The largest absolute Gasteiger partial charge is 0.497 e. The van der Waals surface area contributed by atoms with Gasteiger partial charge in [-0.05, 0) is 31.7 Å². The number of hydrogen-bond donors (Lipinski definition) is 0. The highest BCUT2D eigenvalue weighted by molar-refractivity contribution is 5.94. The van der Waals surface area contributed by atoms with E-state index in [1.54, 1.807) is 13.3 Å². The van der Waals surface area contributed by atoms with Gasteiger partial charge in [0, 0.05) is 30.8 Å². The molecule has 2 atom stereocenters. The summed E-state index contributed by atoms with van der Waals surface area (Å²) in [5.41, 5.74) is 1.67. The topological polar surface area (TPSA) is 56.1 Å². The zero-order valence-corrected chi connectivity index (χ0v) is 14.5. The maximum Gasteiger partial charge on any atom is 0.272 e. The van der Waals surface area contributed by atoms with Crippen LogP contribution in [0.2, 0.25) is 0 Å². The maximum atomic E-state index is 13.2. The number of carbonyl (C=O) groups excluding carboxylic acids is 1. The molecule has 6 heteroatoms. The van der Waals surface area contributed by atoms with E-state index < -0.39 is 0 Å². The van der Waals surface area contributed by atoms with E-state index in [0.717, 1.165) is 37.4 Å². The molecule has 0 bridgehead atoms. The number of likely N-dealkylation sites (tertiary alicyclic amines) is 1. The minimum Gasteiger partial charge on any atom is -0.497 e. The lowest BCUT2D eigenvalue weighted by Crippen LogP contribution is -2.72. The lowest BCUT2D eigenvalue weighted by molar-refractivity contribution is -0.150. The van der Waals surface area contributed by atoms with Gasteiger partial charge in [-0.1, -0.05) is 6.42 Å². The maximum absolute atomic E-state index is 13.2. The minimum absolute atomic E-state index is 0.0655. The molecule has 4 heterocycles. The Morgan fingerprint density at radius 1 is 1.40 bits per heavy atom. The fourth-order valence-corrected chi connectivity index (χ4v) is 4.87. The average Bonchev–Trinajstić information content (AvgIpc) is 3.21. The second-order valence-corrected chi connectivity index (χ2v) is 7.58. The van der Waals surface area contributed by atoms with Crippen molar-refractivity contribution in [2.45, 2.75) is 44.2 Å². The number of nitrogens with zero attached hydrogens (tertiary/aromatic N) is 3. The second-order valence-electron chi connectivity index (χ2n) is 7.58. The van der Waals surface area contributed by atoms with Crippen LogP contribution in [0.3, 0.4) is 0 Å². The molecule has 0 radical (unpaired) electrons. The van der Waals surface area contributed by atoms with Crippen LogP contribution in [-0.4, -0.2) is 52.6 Å². The Morgan fingerprint density at radius 3 is 2.96 bits per heavy atom. The molecule has 5 rings (SSSR count). The number of ether oxygens (including phenoxy) is 2. The fraction of sp³-hybridized carbons (Fsp3) is 0.579. The van der Waals surface area contributed by atoms with Crippen molar-refractivity contribution in [2.24, 2.45) is 5.41 Å². The predicted octanol–water partition coefficient (Wildman–Crippen LogP) is 2.52. The van der Waals surface area contributed by atoms with Crippen molar-refractivity contribution in [3.63, 3.8) is 0 Å². The second kappa shape index (κ2) is 5.46. The van der Waals surface area contributed by atoms with Crippen molar-refractivity contribution in [3.8, 4) is 5.75 Å². The number of imidazole rings is 1. The number of pyridine rings is 1. The number of carbonyl (C=O) groups is 1. The van der Waals surface area contributed by atoms with E-state index in [2.05, 4.69) is 4.98 Å². The van der Waals surface area contributed by atoms with Crippen molar-refractivity contribution in [2.75, 3.05) is 20.3 Å². The molecule has 6 nitrogen and oxygen atoms in total. The van der Waals surface area contributed by atoms with Crippen molar-refractivity contribution >= 4 is 11.6 Å². The van der Waals surface area contributed by atoms with Gasteiger partial charge in [0.25, 0.3) is 5.91 Å². The average molecular weight is 341 g/mol. The Bertz CT molecular complexity index is 820. The lowest BCUT2D eigenvalue weighted by Gasteiger charge is -2.63. The van der Waals surface area contributed by atoms with Crippen molar-refractivity contribution in [1.29, 1.82) is 0 Å². The van der Waals surface area contributed by atoms with Crippen LogP contribution in [0.1, 0.15) is 42.6 Å². The summed E-state index contributed by atoms with van der Waals surface area (Å²) < 4.78 is 13.1. The van der Waals surface area contributed by atoms with E-state index in [0.29, 0.717) is 11.1 Å². The standard InChI is InChI=1S/C19H23N3O3/c1-24-13-5-8-21-14(11-20-16(21)10-13)18(23)22-12-19(6-3-7-19)17(22)15-4-2-9-25-15/h5,8,10-11,15,17H,2-4,6-7,9,12H2,1H3. The van der Waals surface area contributed by atoms with Crippen LogP contribution < -0.4 is 4.74 Å². The highest BCUT2D eigenvalue weighted by atomic mass is 16.5. The van der Waals surface area contributed by atoms with Crippen LogP contribution in [0, 0.1) is 5.41 Å². The molecule has 132 valence electrons. The van der Waals surface area contributed by atoms with Gasteiger partial charge in [-0.2, -0.15) is 0 Å². The molecule has 2 aromatic rings. The number of hydrogen-bond acceptors (Lipinski definition) is 4. The molecule has 1 saturated carbocycles. The first-order chi connectivity index (χ1) is 12.2. The summed E-state index contributed by atoms with van der Waals surface area (Å²) in [6.45, 7) is 1.69. The molecule has 2 saturated heterocycles. The minimum atomic E-state index is 0.0655. The third-order valence-corrected chi connectivity index (χ3v) is 6.32. The normalized spacial score (nSPS) is 27.3. The summed E-state index contributed by atoms with van der Waals surface area (Å²) in [4.78, 5) is 19.6. The first kappa shape index (κ1) is 15.2. The summed E-state index contributed by atoms with van der Waals surface area (Å²) in [6.07, 6.45) is 9.65. The number of rotatable bonds is 3. The van der Waals surface area contributed by atoms with E-state index in [1.807, 2.05) is 27.6 Å². The van der Waals surface area contributed by atoms with E-state index in [9.17, 15) is 4.79 Å². The van der Waals surface area contributed by atoms with E-state index in [-0.39, 0.29) is 18.1 Å². The smallest absolute Gasteiger partial charge is 0.272 e. The molecule has 0 aromatic carbocycles. The van der Waals surface area contributed by atoms with Crippen molar-refractivity contribution < 1.29 is 14.3 Å². The molecule has 3 aliphatic rings. The van der Waals surface area contributed by atoms with Gasteiger partial charge in [-0.3, -0.25) is 9.20 Å². The molecule has 1 aliphatic carbocycles. The zero-order valence-electron chi connectivity index (χ0n) is 14.5. The molecule has 2 aliphatic heterocycles. The number of aromatic nitrogens is 2. The van der Waals surface area contributed by atoms with Gasteiger partial charge in [-0.15, -0.1) is 0 Å². The summed E-state index contributed by atoms with van der Waals surface area (Å²) in [5, 5.41) is 0. The van der Waals surface area contributed by atoms with E-state index in [1.165, 1.54) is 19.3 Å². The van der Waals surface area contributed by atoms with Gasteiger partial charge in [0.05, 0.1) is 25.5 Å². The summed E-state index contributed by atoms with van der Waals surface area (Å²) in [7, 11) is 1.63. The molecule has 1 amide bonds. The van der Waals surface area contributed by atoms with E-state index >= 15 is 0 Å². The third-order valence-electron chi connectivity index (χ3n) is 6.32. The van der Waals surface area contributed by atoms with E-state index in [4.69, 9.17) is 9.47 Å².